The first-order chi connectivity index (χ1) is 9.90. The molecule has 1 fully saturated rings. The average Bonchev–Trinajstić information content (AvgIpc) is 2.92. The normalized spacial score (nSPS) is 16.6. The van der Waals surface area contributed by atoms with Crippen LogP contribution in [0.5, 0.6) is 0 Å². The maximum absolute atomic E-state index is 5.36. The highest BCUT2D eigenvalue weighted by Gasteiger charge is 2.09. The molecule has 114 valence electrons. The summed E-state index contributed by atoms with van der Waals surface area (Å²) in [5, 5.41) is 3.36. The first-order valence-corrected chi connectivity index (χ1v) is 7.39. The van der Waals surface area contributed by atoms with E-state index in [1.807, 2.05) is 12.5 Å². The third-order valence-corrected chi connectivity index (χ3v) is 3.56. The van der Waals surface area contributed by atoms with Gasteiger partial charge in [0.05, 0.1) is 31.8 Å². The molecular weight excluding hydrogens is 256 g/mol. The Bertz CT molecular complexity index is 364. The molecule has 0 aromatic carbocycles. The van der Waals surface area contributed by atoms with E-state index in [2.05, 4.69) is 19.8 Å². The van der Waals surface area contributed by atoms with Crippen LogP contribution in [-0.4, -0.2) is 67.6 Å². The molecule has 6 heteroatoms. The Hall–Kier alpha value is -0.950. The highest BCUT2D eigenvalue weighted by molar-refractivity contribution is 4.97. The van der Waals surface area contributed by atoms with E-state index >= 15 is 0 Å². The molecule has 0 amide bonds. The summed E-state index contributed by atoms with van der Waals surface area (Å²) >= 11 is 0. The van der Waals surface area contributed by atoms with Gasteiger partial charge in [0.25, 0.3) is 0 Å². The van der Waals surface area contributed by atoms with Gasteiger partial charge in [-0.2, -0.15) is 0 Å². The van der Waals surface area contributed by atoms with Crippen LogP contribution in [-0.2, 0) is 22.6 Å². The Balaban J connectivity index is 1.65. The molecule has 0 radical (unpaired) electrons. The van der Waals surface area contributed by atoms with E-state index in [0.717, 1.165) is 65.5 Å². The molecule has 0 spiro atoms. The predicted molar refractivity (Wildman–Crippen MR) is 77.7 cm³/mol. The van der Waals surface area contributed by atoms with Crippen LogP contribution in [0.4, 0.5) is 0 Å². The lowest BCUT2D eigenvalue weighted by Gasteiger charge is -2.26. The Morgan fingerprint density at radius 2 is 2.20 bits per heavy atom. The van der Waals surface area contributed by atoms with Crippen molar-refractivity contribution in [1.29, 1.82) is 0 Å². The molecule has 0 saturated carbocycles. The topological polar surface area (TPSA) is 51.5 Å². The quantitative estimate of drug-likeness (QED) is 0.662. The summed E-state index contributed by atoms with van der Waals surface area (Å²) in [5.74, 6) is 0. The molecule has 1 aliphatic heterocycles. The monoisotopic (exact) mass is 282 g/mol. The number of nitrogens with one attached hydrogen (secondary N) is 1. The molecule has 1 aromatic rings. The van der Waals surface area contributed by atoms with E-state index in [0.29, 0.717) is 0 Å². The molecular formula is C14H26N4O2. The van der Waals surface area contributed by atoms with Crippen molar-refractivity contribution in [3.8, 4) is 0 Å². The summed E-state index contributed by atoms with van der Waals surface area (Å²) < 4.78 is 12.6. The molecule has 1 aliphatic rings. The van der Waals surface area contributed by atoms with Gasteiger partial charge in [0.2, 0.25) is 0 Å². The molecule has 20 heavy (non-hydrogen) atoms. The summed E-state index contributed by atoms with van der Waals surface area (Å²) in [4.78, 5) is 6.71. The summed E-state index contributed by atoms with van der Waals surface area (Å²) in [6.07, 6.45) is 5.02. The zero-order valence-corrected chi connectivity index (χ0v) is 12.4. The molecule has 0 unspecified atom stereocenters. The second-order valence-electron chi connectivity index (χ2n) is 5.06. The molecule has 1 aromatic heterocycles. The van der Waals surface area contributed by atoms with Crippen molar-refractivity contribution in [2.75, 3.05) is 53.1 Å². The SMILES string of the molecule is COCCNCc1cncn1CCCN1CCOCC1. The maximum Gasteiger partial charge on any atom is 0.0948 e. The van der Waals surface area contributed by atoms with Crippen LogP contribution in [0, 0.1) is 0 Å². The molecule has 0 bridgehead atoms. The van der Waals surface area contributed by atoms with Gasteiger partial charge in [-0.05, 0) is 6.42 Å². The zero-order valence-electron chi connectivity index (χ0n) is 12.4. The number of ether oxygens (including phenoxy) is 2. The van der Waals surface area contributed by atoms with Crippen molar-refractivity contribution in [2.45, 2.75) is 19.5 Å². The summed E-state index contributed by atoms with van der Waals surface area (Å²) in [5.41, 5.74) is 1.24. The maximum atomic E-state index is 5.36. The van der Waals surface area contributed by atoms with Crippen LogP contribution < -0.4 is 5.32 Å². The lowest BCUT2D eigenvalue weighted by molar-refractivity contribution is 0.0369. The summed E-state index contributed by atoms with van der Waals surface area (Å²) in [7, 11) is 1.72. The number of methoxy groups -OCH3 is 1. The standard InChI is InChI=1S/C14H26N4O2/c1-19-8-3-15-11-14-12-16-13-18(14)5-2-4-17-6-9-20-10-7-17/h12-13,15H,2-11H2,1H3. The number of nitrogens with zero attached hydrogens (tertiary/aromatic N) is 3. The molecule has 1 saturated heterocycles. The van der Waals surface area contributed by atoms with Crippen LogP contribution in [0.25, 0.3) is 0 Å². The zero-order chi connectivity index (χ0) is 14.0. The van der Waals surface area contributed by atoms with Gasteiger partial charge in [-0.1, -0.05) is 0 Å². The Labute approximate surface area is 121 Å². The minimum absolute atomic E-state index is 0.741. The fraction of sp³-hybridized carbons (Fsp3) is 0.786. The fourth-order valence-electron chi connectivity index (χ4n) is 2.38. The van der Waals surface area contributed by atoms with Gasteiger partial charge < -0.3 is 19.4 Å². The minimum Gasteiger partial charge on any atom is -0.383 e. The first kappa shape index (κ1) is 15.4. The van der Waals surface area contributed by atoms with E-state index in [1.165, 1.54) is 5.69 Å². The fourth-order valence-corrected chi connectivity index (χ4v) is 2.38. The third-order valence-electron chi connectivity index (χ3n) is 3.56. The van der Waals surface area contributed by atoms with E-state index in [-0.39, 0.29) is 0 Å². The molecule has 0 atom stereocenters. The smallest absolute Gasteiger partial charge is 0.0948 e. The van der Waals surface area contributed by atoms with Gasteiger partial charge in [0.15, 0.2) is 0 Å². The summed E-state index contributed by atoms with van der Waals surface area (Å²) in [6.45, 7) is 8.50. The number of morpholine rings is 1. The highest BCUT2D eigenvalue weighted by atomic mass is 16.5. The van der Waals surface area contributed by atoms with E-state index in [4.69, 9.17) is 9.47 Å². The van der Waals surface area contributed by atoms with Crippen LogP contribution in [0.1, 0.15) is 12.1 Å². The molecule has 1 N–H and O–H groups in total. The Kier molecular flexibility index (Phi) is 7.00. The van der Waals surface area contributed by atoms with Gasteiger partial charge in [-0.25, -0.2) is 4.98 Å². The van der Waals surface area contributed by atoms with Gasteiger partial charge in [-0.15, -0.1) is 0 Å². The number of imidazole rings is 1. The van der Waals surface area contributed by atoms with E-state index < -0.39 is 0 Å². The van der Waals surface area contributed by atoms with Crippen molar-refractivity contribution in [1.82, 2.24) is 19.8 Å². The number of aromatic nitrogens is 2. The minimum atomic E-state index is 0.741. The van der Waals surface area contributed by atoms with Crippen molar-refractivity contribution < 1.29 is 9.47 Å². The molecule has 2 heterocycles. The average molecular weight is 282 g/mol. The third kappa shape index (κ3) is 5.20. The number of hydrogen-bond donors (Lipinski definition) is 1. The second-order valence-corrected chi connectivity index (χ2v) is 5.06. The van der Waals surface area contributed by atoms with Crippen LogP contribution in [0.3, 0.4) is 0 Å². The molecule has 0 aliphatic carbocycles. The van der Waals surface area contributed by atoms with Crippen molar-refractivity contribution in [2.24, 2.45) is 0 Å². The number of hydrogen-bond acceptors (Lipinski definition) is 5. The predicted octanol–water partition coefficient (Wildman–Crippen LogP) is 0.341. The summed E-state index contributed by atoms with van der Waals surface area (Å²) in [6, 6.07) is 0. The van der Waals surface area contributed by atoms with E-state index in [1.54, 1.807) is 7.11 Å². The van der Waals surface area contributed by atoms with Gasteiger partial charge >= 0.3 is 0 Å². The highest BCUT2D eigenvalue weighted by Crippen LogP contribution is 2.03. The Morgan fingerprint density at radius 1 is 1.35 bits per heavy atom. The molecule has 6 nitrogen and oxygen atoms in total. The second kappa shape index (κ2) is 9.07. The van der Waals surface area contributed by atoms with Crippen LogP contribution in [0.2, 0.25) is 0 Å². The van der Waals surface area contributed by atoms with Crippen LogP contribution >= 0.6 is 0 Å². The van der Waals surface area contributed by atoms with Crippen molar-refractivity contribution >= 4 is 0 Å². The van der Waals surface area contributed by atoms with E-state index in [9.17, 15) is 0 Å². The van der Waals surface area contributed by atoms with Crippen molar-refractivity contribution in [3.05, 3.63) is 18.2 Å². The van der Waals surface area contributed by atoms with Gasteiger partial charge in [-0.3, -0.25) is 4.90 Å². The number of aryl methyl sites for hydroxylation is 1. The molecule has 2 rings (SSSR count). The lowest BCUT2D eigenvalue weighted by Crippen LogP contribution is -2.37. The van der Waals surface area contributed by atoms with Gasteiger partial charge in [0.1, 0.15) is 0 Å². The lowest BCUT2D eigenvalue weighted by atomic mass is 10.3. The first-order valence-electron chi connectivity index (χ1n) is 7.39. The van der Waals surface area contributed by atoms with Crippen molar-refractivity contribution in [3.63, 3.8) is 0 Å². The van der Waals surface area contributed by atoms with Crippen LogP contribution in [0.15, 0.2) is 12.5 Å². The van der Waals surface area contributed by atoms with Gasteiger partial charge in [0, 0.05) is 52.6 Å². The number of rotatable bonds is 9. The largest absolute Gasteiger partial charge is 0.383 e. The Morgan fingerprint density at radius 3 is 3.00 bits per heavy atom.